The summed E-state index contributed by atoms with van der Waals surface area (Å²) in [6.07, 6.45) is 4.49. The van der Waals surface area contributed by atoms with E-state index < -0.39 is 0 Å². The van der Waals surface area contributed by atoms with Gasteiger partial charge in [-0.05, 0) is 31.0 Å². The SMILES string of the molecule is CCn1ccnc1C(N)Cc1cccc(Cl)c1. The third-order valence-electron chi connectivity index (χ3n) is 2.76. The molecule has 0 saturated carbocycles. The normalized spacial score (nSPS) is 12.6. The summed E-state index contributed by atoms with van der Waals surface area (Å²) in [5, 5.41) is 0.744. The summed E-state index contributed by atoms with van der Waals surface area (Å²) >= 11 is 5.95. The topological polar surface area (TPSA) is 43.8 Å². The Morgan fingerprint density at radius 1 is 1.47 bits per heavy atom. The van der Waals surface area contributed by atoms with E-state index >= 15 is 0 Å². The van der Waals surface area contributed by atoms with Crippen molar-refractivity contribution in [3.05, 3.63) is 53.1 Å². The maximum Gasteiger partial charge on any atom is 0.125 e. The van der Waals surface area contributed by atoms with E-state index in [1.54, 1.807) is 6.20 Å². The van der Waals surface area contributed by atoms with Crippen molar-refractivity contribution in [3.63, 3.8) is 0 Å². The van der Waals surface area contributed by atoms with Gasteiger partial charge < -0.3 is 10.3 Å². The third kappa shape index (κ3) is 2.87. The zero-order chi connectivity index (χ0) is 12.3. The van der Waals surface area contributed by atoms with Crippen LogP contribution in [0.2, 0.25) is 5.02 Å². The highest BCUT2D eigenvalue weighted by molar-refractivity contribution is 6.30. The summed E-state index contributed by atoms with van der Waals surface area (Å²) in [7, 11) is 0. The number of benzene rings is 1. The Morgan fingerprint density at radius 2 is 2.29 bits per heavy atom. The van der Waals surface area contributed by atoms with E-state index in [-0.39, 0.29) is 6.04 Å². The first-order valence-electron chi connectivity index (χ1n) is 5.71. The van der Waals surface area contributed by atoms with Gasteiger partial charge in [-0.2, -0.15) is 0 Å². The fourth-order valence-corrected chi connectivity index (χ4v) is 2.14. The van der Waals surface area contributed by atoms with Crippen LogP contribution in [0.4, 0.5) is 0 Å². The molecule has 0 fully saturated rings. The molecule has 3 nitrogen and oxygen atoms in total. The Labute approximate surface area is 106 Å². The molecule has 0 amide bonds. The predicted molar refractivity (Wildman–Crippen MR) is 70.0 cm³/mol. The molecule has 1 unspecified atom stereocenters. The number of imidazole rings is 1. The summed E-state index contributed by atoms with van der Waals surface area (Å²) in [4.78, 5) is 4.31. The summed E-state index contributed by atoms with van der Waals surface area (Å²) < 4.78 is 2.06. The maximum atomic E-state index is 6.17. The van der Waals surface area contributed by atoms with Crippen LogP contribution in [0.25, 0.3) is 0 Å². The van der Waals surface area contributed by atoms with Gasteiger partial charge in [0, 0.05) is 24.0 Å². The monoisotopic (exact) mass is 249 g/mol. The minimum Gasteiger partial charge on any atom is -0.334 e. The first-order chi connectivity index (χ1) is 8.20. The Kier molecular flexibility index (Phi) is 3.82. The molecule has 2 aromatic rings. The highest BCUT2D eigenvalue weighted by Gasteiger charge is 2.12. The van der Waals surface area contributed by atoms with Crippen molar-refractivity contribution in [2.45, 2.75) is 25.9 Å². The Hall–Kier alpha value is -1.32. The first kappa shape index (κ1) is 12.1. The van der Waals surface area contributed by atoms with Crippen LogP contribution in [0.3, 0.4) is 0 Å². The Morgan fingerprint density at radius 3 is 3.00 bits per heavy atom. The molecule has 0 aliphatic rings. The highest BCUT2D eigenvalue weighted by atomic mass is 35.5. The van der Waals surface area contributed by atoms with Crippen molar-refractivity contribution in [1.82, 2.24) is 9.55 Å². The number of nitrogens with zero attached hydrogens (tertiary/aromatic N) is 2. The number of aryl methyl sites for hydroxylation is 1. The zero-order valence-electron chi connectivity index (χ0n) is 9.81. The molecule has 2 N–H and O–H groups in total. The molecule has 1 atom stereocenters. The van der Waals surface area contributed by atoms with Gasteiger partial charge in [0.1, 0.15) is 5.82 Å². The van der Waals surface area contributed by atoms with Crippen molar-refractivity contribution >= 4 is 11.6 Å². The molecule has 0 aliphatic heterocycles. The van der Waals surface area contributed by atoms with Crippen LogP contribution in [-0.4, -0.2) is 9.55 Å². The van der Waals surface area contributed by atoms with Gasteiger partial charge in [0.2, 0.25) is 0 Å². The van der Waals surface area contributed by atoms with E-state index in [0.717, 1.165) is 29.4 Å². The second kappa shape index (κ2) is 5.34. The van der Waals surface area contributed by atoms with Crippen LogP contribution in [0, 0.1) is 0 Å². The molecule has 2 rings (SSSR count). The summed E-state index contributed by atoms with van der Waals surface area (Å²) in [5.74, 6) is 0.924. The smallest absolute Gasteiger partial charge is 0.125 e. The standard InChI is InChI=1S/C13H16ClN3/c1-2-17-7-6-16-13(17)12(15)9-10-4-3-5-11(14)8-10/h3-8,12H,2,9,15H2,1H3. The molecule has 4 heteroatoms. The fourth-order valence-electron chi connectivity index (χ4n) is 1.93. The number of rotatable bonds is 4. The highest BCUT2D eigenvalue weighted by Crippen LogP contribution is 2.17. The molecule has 90 valence electrons. The number of nitrogens with two attached hydrogens (primary N) is 1. The van der Waals surface area contributed by atoms with Crippen LogP contribution in [0.15, 0.2) is 36.7 Å². The second-order valence-corrected chi connectivity index (χ2v) is 4.45. The average Bonchev–Trinajstić information content (AvgIpc) is 2.77. The lowest BCUT2D eigenvalue weighted by molar-refractivity contribution is 0.600. The number of hydrogen-bond donors (Lipinski definition) is 1. The molecule has 0 bridgehead atoms. The van der Waals surface area contributed by atoms with Crippen LogP contribution in [0.5, 0.6) is 0 Å². The minimum absolute atomic E-state index is 0.0941. The second-order valence-electron chi connectivity index (χ2n) is 4.01. The number of hydrogen-bond acceptors (Lipinski definition) is 2. The number of halogens is 1. The van der Waals surface area contributed by atoms with Gasteiger partial charge in [-0.3, -0.25) is 0 Å². The van der Waals surface area contributed by atoms with E-state index in [1.807, 2.05) is 30.5 Å². The first-order valence-corrected chi connectivity index (χ1v) is 6.09. The lowest BCUT2D eigenvalue weighted by Gasteiger charge is -2.13. The molecule has 1 aromatic carbocycles. The van der Waals surface area contributed by atoms with Gasteiger partial charge in [-0.1, -0.05) is 23.7 Å². The average molecular weight is 250 g/mol. The predicted octanol–water partition coefficient (Wildman–Crippen LogP) is 2.80. The van der Waals surface area contributed by atoms with Gasteiger partial charge in [0.05, 0.1) is 6.04 Å². The molecular formula is C13H16ClN3. The van der Waals surface area contributed by atoms with Crippen LogP contribution < -0.4 is 5.73 Å². The summed E-state index contributed by atoms with van der Waals surface area (Å²) in [6.45, 7) is 2.97. The van der Waals surface area contributed by atoms with E-state index in [2.05, 4.69) is 16.5 Å². The lowest BCUT2D eigenvalue weighted by Crippen LogP contribution is -2.18. The summed E-state index contributed by atoms with van der Waals surface area (Å²) in [6, 6.07) is 7.69. The number of aromatic nitrogens is 2. The summed E-state index contributed by atoms with van der Waals surface area (Å²) in [5.41, 5.74) is 7.31. The van der Waals surface area contributed by atoms with Gasteiger partial charge in [-0.25, -0.2) is 4.98 Å². The molecular weight excluding hydrogens is 234 g/mol. The molecule has 1 aromatic heterocycles. The van der Waals surface area contributed by atoms with Crippen LogP contribution in [-0.2, 0) is 13.0 Å². The van der Waals surface area contributed by atoms with Gasteiger partial charge in [0.25, 0.3) is 0 Å². The Balaban J connectivity index is 2.14. The largest absolute Gasteiger partial charge is 0.334 e. The van der Waals surface area contributed by atoms with Crippen molar-refractivity contribution < 1.29 is 0 Å². The van der Waals surface area contributed by atoms with Crippen molar-refractivity contribution in [2.75, 3.05) is 0 Å². The van der Waals surface area contributed by atoms with Crippen LogP contribution >= 0.6 is 11.6 Å². The van der Waals surface area contributed by atoms with E-state index in [9.17, 15) is 0 Å². The fraction of sp³-hybridized carbons (Fsp3) is 0.308. The Bertz CT molecular complexity index is 493. The van der Waals surface area contributed by atoms with E-state index in [1.165, 1.54) is 0 Å². The molecule has 0 saturated heterocycles. The van der Waals surface area contributed by atoms with Gasteiger partial charge in [-0.15, -0.1) is 0 Å². The lowest BCUT2D eigenvalue weighted by atomic mass is 10.1. The van der Waals surface area contributed by atoms with Crippen molar-refractivity contribution in [3.8, 4) is 0 Å². The van der Waals surface area contributed by atoms with Crippen molar-refractivity contribution in [2.24, 2.45) is 5.73 Å². The molecule has 0 radical (unpaired) electrons. The minimum atomic E-state index is -0.0941. The van der Waals surface area contributed by atoms with Gasteiger partial charge in [0.15, 0.2) is 0 Å². The van der Waals surface area contributed by atoms with Gasteiger partial charge >= 0.3 is 0 Å². The van der Waals surface area contributed by atoms with E-state index in [0.29, 0.717) is 0 Å². The quantitative estimate of drug-likeness (QED) is 0.906. The maximum absolute atomic E-state index is 6.17. The third-order valence-corrected chi connectivity index (χ3v) is 3.00. The van der Waals surface area contributed by atoms with E-state index in [4.69, 9.17) is 17.3 Å². The van der Waals surface area contributed by atoms with Crippen molar-refractivity contribution in [1.29, 1.82) is 0 Å². The molecule has 1 heterocycles. The van der Waals surface area contributed by atoms with Crippen LogP contribution in [0.1, 0.15) is 24.4 Å². The zero-order valence-corrected chi connectivity index (χ0v) is 10.6. The molecule has 17 heavy (non-hydrogen) atoms. The molecule has 0 aliphatic carbocycles. The molecule has 0 spiro atoms.